The van der Waals surface area contributed by atoms with Crippen molar-refractivity contribution < 1.29 is 4.79 Å². The zero-order chi connectivity index (χ0) is 18.5. The van der Waals surface area contributed by atoms with Gasteiger partial charge in [-0.15, -0.1) is 0 Å². The fourth-order valence-electron chi connectivity index (χ4n) is 3.02. The van der Waals surface area contributed by atoms with E-state index in [-0.39, 0.29) is 11.9 Å². The first-order chi connectivity index (χ1) is 12.5. The molecule has 1 aliphatic rings. The Hall–Kier alpha value is -2.41. The van der Waals surface area contributed by atoms with Crippen LogP contribution >= 0.6 is 11.6 Å². The van der Waals surface area contributed by atoms with Crippen LogP contribution in [0.2, 0.25) is 5.02 Å². The summed E-state index contributed by atoms with van der Waals surface area (Å²) >= 11 is 5.92. The molecule has 7 nitrogen and oxygen atoms in total. The van der Waals surface area contributed by atoms with E-state index in [1.165, 1.54) is 0 Å². The SMILES string of the molecule is CN(C)c1ccnc(NC2CCC(NC(=O)c3cc(Cl)ccn3)CC2)n1. The fraction of sp³-hybridized carbons (Fsp3) is 0.444. The number of anilines is 2. The van der Waals surface area contributed by atoms with Crippen molar-refractivity contribution in [3.8, 4) is 0 Å². The maximum Gasteiger partial charge on any atom is 0.270 e. The van der Waals surface area contributed by atoms with Crippen molar-refractivity contribution in [2.45, 2.75) is 37.8 Å². The molecule has 0 bridgehead atoms. The van der Waals surface area contributed by atoms with Crippen molar-refractivity contribution in [1.29, 1.82) is 0 Å². The number of hydrogen-bond acceptors (Lipinski definition) is 6. The fourth-order valence-corrected chi connectivity index (χ4v) is 3.18. The molecule has 0 saturated heterocycles. The third-order valence-corrected chi connectivity index (χ3v) is 4.68. The number of nitrogens with one attached hydrogen (secondary N) is 2. The molecule has 2 N–H and O–H groups in total. The van der Waals surface area contributed by atoms with E-state index in [4.69, 9.17) is 11.6 Å². The molecule has 0 spiro atoms. The van der Waals surface area contributed by atoms with Crippen LogP contribution in [0.1, 0.15) is 36.2 Å². The molecular formula is C18H23ClN6O. The molecule has 0 atom stereocenters. The lowest BCUT2D eigenvalue weighted by Gasteiger charge is -2.29. The summed E-state index contributed by atoms with van der Waals surface area (Å²) in [6.45, 7) is 0. The van der Waals surface area contributed by atoms with Crippen LogP contribution in [0.4, 0.5) is 11.8 Å². The highest BCUT2D eigenvalue weighted by atomic mass is 35.5. The molecule has 8 heteroatoms. The molecule has 1 aliphatic carbocycles. The minimum atomic E-state index is -0.175. The van der Waals surface area contributed by atoms with Gasteiger partial charge in [-0.25, -0.2) is 4.98 Å². The normalized spacial score (nSPS) is 19.7. The highest BCUT2D eigenvalue weighted by Gasteiger charge is 2.23. The van der Waals surface area contributed by atoms with Crippen LogP contribution in [0.15, 0.2) is 30.6 Å². The molecule has 0 radical (unpaired) electrons. The van der Waals surface area contributed by atoms with Gasteiger partial charge in [-0.2, -0.15) is 4.98 Å². The number of nitrogens with zero attached hydrogens (tertiary/aromatic N) is 4. The first-order valence-corrected chi connectivity index (χ1v) is 9.08. The van der Waals surface area contributed by atoms with Gasteiger partial charge >= 0.3 is 0 Å². The van der Waals surface area contributed by atoms with Crippen molar-refractivity contribution in [1.82, 2.24) is 20.3 Å². The van der Waals surface area contributed by atoms with E-state index >= 15 is 0 Å². The molecule has 2 aromatic rings. The van der Waals surface area contributed by atoms with Gasteiger partial charge in [0, 0.05) is 43.6 Å². The minimum absolute atomic E-state index is 0.148. The molecule has 1 saturated carbocycles. The average molecular weight is 375 g/mol. The lowest BCUT2D eigenvalue weighted by molar-refractivity contribution is 0.0921. The van der Waals surface area contributed by atoms with Gasteiger partial charge in [-0.3, -0.25) is 9.78 Å². The van der Waals surface area contributed by atoms with Gasteiger partial charge in [-0.1, -0.05) is 11.6 Å². The zero-order valence-corrected chi connectivity index (χ0v) is 15.7. The summed E-state index contributed by atoms with van der Waals surface area (Å²) in [5.41, 5.74) is 0.353. The van der Waals surface area contributed by atoms with Gasteiger partial charge in [0.05, 0.1) is 0 Å². The Morgan fingerprint density at radius 3 is 2.50 bits per heavy atom. The van der Waals surface area contributed by atoms with E-state index in [0.29, 0.717) is 22.7 Å². The van der Waals surface area contributed by atoms with Crippen LogP contribution in [-0.2, 0) is 0 Å². The smallest absolute Gasteiger partial charge is 0.270 e. The number of pyridine rings is 1. The third-order valence-electron chi connectivity index (χ3n) is 4.45. The van der Waals surface area contributed by atoms with Crippen molar-refractivity contribution in [3.05, 3.63) is 41.3 Å². The number of rotatable bonds is 5. The summed E-state index contributed by atoms with van der Waals surface area (Å²) < 4.78 is 0. The van der Waals surface area contributed by atoms with Crippen LogP contribution in [-0.4, -0.2) is 47.0 Å². The Bertz CT molecular complexity index is 761. The number of carbonyl (C=O) groups excluding carboxylic acids is 1. The Labute approximate surface area is 158 Å². The minimum Gasteiger partial charge on any atom is -0.363 e. The lowest BCUT2D eigenvalue weighted by Crippen LogP contribution is -2.40. The molecule has 26 heavy (non-hydrogen) atoms. The Morgan fingerprint density at radius 1 is 1.12 bits per heavy atom. The topological polar surface area (TPSA) is 83.0 Å². The van der Waals surface area contributed by atoms with E-state index < -0.39 is 0 Å². The summed E-state index contributed by atoms with van der Waals surface area (Å²) in [4.78, 5) is 27.1. The molecule has 0 unspecified atom stereocenters. The van der Waals surface area contributed by atoms with Crippen LogP contribution < -0.4 is 15.5 Å². The molecule has 138 valence electrons. The van der Waals surface area contributed by atoms with Gasteiger partial charge in [0.2, 0.25) is 5.95 Å². The molecule has 3 rings (SSSR count). The van der Waals surface area contributed by atoms with E-state index in [9.17, 15) is 4.79 Å². The number of amides is 1. The van der Waals surface area contributed by atoms with Gasteiger partial charge in [0.25, 0.3) is 5.91 Å². The summed E-state index contributed by atoms with van der Waals surface area (Å²) in [5.74, 6) is 1.34. The number of carbonyl (C=O) groups is 1. The van der Waals surface area contributed by atoms with Crippen LogP contribution in [0.25, 0.3) is 0 Å². The molecular weight excluding hydrogens is 352 g/mol. The van der Waals surface area contributed by atoms with Crippen molar-refractivity contribution in [2.24, 2.45) is 0 Å². The first-order valence-electron chi connectivity index (χ1n) is 8.70. The number of aromatic nitrogens is 3. The molecule has 1 amide bonds. The summed E-state index contributed by atoms with van der Waals surface area (Å²) in [6, 6.07) is 5.57. The quantitative estimate of drug-likeness (QED) is 0.837. The number of halogens is 1. The number of hydrogen-bond donors (Lipinski definition) is 2. The largest absolute Gasteiger partial charge is 0.363 e. The second-order valence-corrected chi connectivity index (χ2v) is 7.09. The van der Waals surface area contributed by atoms with Crippen molar-refractivity contribution in [3.63, 3.8) is 0 Å². The molecule has 0 aliphatic heterocycles. The third kappa shape index (κ3) is 4.82. The lowest BCUT2D eigenvalue weighted by atomic mass is 9.91. The van der Waals surface area contributed by atoms with E-state index in [1.54, 1.807) is 24.5 Å². The second kappa shape index (κ2) is 8.31. The summed E-state index contributed by atoms with van der Waals surface area (Å²) in [7, 11) is 3.91. The molecule has 2 aromatic heterocycles. The van der Waals surface area contributed by atoms with Crippen LogP contribution in [0, 0.1) is 0 Å². The Morgan fingerprint density at radius 2 is 1.81 bits per heavy atom. The molecule has 2 heterocycles. The average Bonchev–Trinajstić information content (AvgIpc) is 2.63. The van der Waals surface area contributed by atoms with E-state index in [0.717, 1.165) is 31.5 Å². The Kier molecular flexibility index (Phi) is 5.88. The van der Waals surface area contributed by atoms with Crippen LogP contribution in [0.3, 0.4) is 0 Å². The highest BCUT2D eigenvalue weighted by Crippen LogP contribution is 2.22. The summed E-state index contributed by atoms with van der Waals surface area (Å²) in [6.07, 6.45) is 7.00. The predicted octanol–water partition coefficient (Wildman–Crippen LogP) is 2.74. The predicted molar refractivity (Wildman–Crippen MR) is 103 cm³/mol. The van der Waals surface area contributed by atoms with Gasteiger partial charge in [0.15, 0.2) is 0 Å². The highest BCUT2D eigenvalue weighted by molar-refractivity contribution is 6.30. The Balaban J connectivity index is 1.50. The van der Waals surface area contributed by atoms with E-state index in [2.05, 4.69) is 25.6 Å². The van der Waals surface area contributed by atoms with Gasteiger partial charge < -0.3 is 15.5 Å². The summed E-state index contributed by atoms with van der Waals surface area (Å²) in [5, 5.41) is 6.95. The van der Waals surface area contributed by atoms with Crippen LogP contribution in [0.5, 0.6) is 0 Å². The van der Waals surface area contributed by atoms with Gasteiger partial charge in [-0.05, 0) is 43.9 Å². The van der Waals surface area contributed by atoms with Crippen molar-refractivity contribution >= 4 is 29.3 Å². The molecule has 0 aromatic carbocycles. The van der Waals surface area contributed by atoms with E-state index in [1.807, 2.05) is 25.1 Å². The van der Waals surface area contributed by atoms with Crippen molar-refractivity contribution in [2.75, 3.05) is 24.3 Å². The standard InChI is InChI=1S/C18H23ClN6O/c1-25(2)16-8-10-21-18(24-16)23-14-5-3-13(4-6-14)22-17(26)15-11-12(19)7-9-20-15/h7-11,13-14H,3-6H2,1-2H3,(H,22,26)(H,21,23,24). The maximum atomic E-state index is 12.3. The van der Waals surface area contributed by atoms with Gasteiger partial charge in [0.1, 0.15) is 11.5 Å². The monoisotopic (exact) mass is 374 g/mol. The zero-order valence-electron chi connectivity index (χ0n) is 14.9. The second-order valence-electron chi connectivity index (χ2n) is 6.66. The maximum absolute atomic E-state index is 12.3. The molecule has 1 fully saturated rings. The first kappa shape index (κ1) is 18.4.